The normalized spacial score (nSPS) is 10.2. The highest BCUT2D eigenvalue weighted by atomic mass is 79.9. The lowest BCUT2D eigenvalue weighted by Gasteiger charge is -2.10. The Morgan fingerprint density at radius 2 is 1.89 bits per heavy atom. The van der Waals surface area contributed by atoms with E-state index in [0.717, 1.165) is 32.8 Å². The van der Waals surface area contributed by atoms with Crippen molar-refractivity contribution in [1.29, 1.82) is 0 Å². The van der Waals surface area contributed by atoms with Crippen LogP contribution in [0.15, 0.2) is 45.3 Å². The lowest BCUT2D eigenvalue weighted by molar-refractivity contribution is 1.16. The van der Waals surface area contributed by atoms with Gasteiger partial charge in [0.05, 0.1) is 5.69 Å². The summed E-state index contributed by atoms with van der Waals surface area (Å²) in [5.74, 6) is 1.68. The molecule has 0 radical (unpaired) electrons. The van der Waals surface area contributed by atoms with Gasteiger partial charge < -0.3 is 10.6 Å². The minimum Gasteiger partial charge on any atom is -0.370 e. The van der Waals surface area contributed by atoms with E-state index in [2.05, 4.69) is 47.5 Å². The van der Waals surface area contributed by atoms with Crippen LogP contribution in [-0.4, -0.2) is 11.5 Å². The van der Waals surface area contributed by atoms with Gasteiger partial charge in [-0.1, -0.05) is 22.0 Å². The minimum atomic E-state index is 0.812. The number of benzene rings is 1. The third kappa shape index (κ3) is 3.46. The molecule has 0 bridgehead atoms. The minimum absolute atomic E-state index is 0.812. The maximum Gasteiger partial charge on any atom is 0.132 e. The molecule has 0 atom stereocenters. The van der Waals surface area contributed by atoms with Gasteiger partial charge in [0, 0.05) is 15.5 Å². The Morgan fingerprint density at radius 1 is 1.11 bits per heavy atom. The van der Waals surface area contributed by atoms with E-state index in [-0.39, 0.29) is 0 Å². The second kappa shape index (κ2) is 6.20. The lowest BCUT2D eigenvalue weighted by atomic mass is 10.3. The summed E-state index contributed by atoms with van der Waals surface area (Å²) >= 11 is 6.97. The van der Waals surface area contributed by atoms with Crippen LogP contribution in [0.1, 0.15) is 6.92 Å². The fraction of sp³-hybridized carbons (Fsp3) is 0.154. The molecule has 0 spiro atoms. The van der Waals surface area contributed by atoms with E-state index >= 15 is 0 Å². The first kappa shape index (κ1) is 13.4. The maximum absolute atomic E-state index is 4.47. The predicted molar refractivity (Wildman–Crippen MR) is 83.5 cm³/mol. The molecule has 0 aliphatic rings. The monoisotopic (exact) mass is 369 g/mol. The number of rotatable bonds is 4. The molecule has 18 heavy (non-hydrogen) atoms. The summed E-state index contributed by atoms with van der Waals surface area (Å²) in [6.45, 7) is 2.91. The van der Waals surface area contributed by atoms with Crippen LogP contribution in [0, 0.1) is 0 Å². The first-order chi connectivity index (χ1) is 8.69. The van der Waals surface area contributed by atoms with Crippen molar-refractivity contribution in [3.8, 4) is 0 Å². The molecule has 0 aliphatic carbocycles. The number of nitrogens with zero attached hydrogens (tertiary/aromatic N) is 1. The smallest absolute Gasteiger partial charge is 0.132 e. The molecule has 0 aliphatic heterocycles. The zero-order valence-corrected chi connectivity index (χ0v) is 13.0. The van der Waals surface area contributed by atoms with E-state index in [1.165, 1.54) is 0 Å². The highest BCUT2D eigenvalue weighted by molar-refractivity contribution is 9.11. The molecule has 0 fully saturated rings. The quantitative estimate of drug-likeness (QED) is 0.812. The van der Waals surface area contributed by atoms with Crippen molar-refractivity contribution in [3.05, 3.63) is 45.3 Å². The second-order valence-electron chi connectivity index (χ2n) is 3.69. The van der Waals surface area contributed by atoms with Gasteiger partial charge in [0.2, 0.25) is 0 Å². The number of hydrogen-bond acceptors (Lipinski definition) is 3. The van der Waals surface area contributed by atoms with Gasteiger partial charge in [-0.15, -0.1) is 0 Å². The summed E-state index contributed by atoms with van der Waals surface area (Å²) in [4.78, 5) is 4.47. The van der Waals surface area contributed by atoms with Crippen LogP contribution in [0.25, 0.3) is 0 Å². The number of hydrogen-bond donors (Lipinski definition) is 2. The van der Waals surface area contributed by atoms with E-state index in [1.807, 2.05) is 43.3 Å². The van der Waals surface area contributed by atoms with E-state index in [0.29, 0.717) is 0 Å². The van der Waals surface area contributed by atoms with Gasteiger partial charge in [-0.2, -0.15) is 0 Å². The van der Waals surface area contributed by atoms with E-state index < -0.39 is 0 Å². The molecule has 3 nitrogen and oxygen atoms in total. The van der Waals surface area contributed by atoms with Crippen molar-refractivity contribution in [3.63, 3.8) is 0 Å². The van der Waals surface area contributed by atoms with Gasteiger partial charge in [0.25, 0.3) is 0 Å². The van der Waals surface area contributed by atoms with Crippen LogP contribution in [-0.2, 0) is 0 Å². The first-order valence-corrected chi connectivity index (χ1v) is 7.20. The van der Waals surface area contributed by atoms with Crippen LogP contribution in [0.2, 0.25) is 0 Å². The summed E-state index contributed by atoms with van der Waals surface area (Å²) < 4.78 is 2.03. The van der Waals surface area contributed by atoms with Crippen molar-refractivity contribution in [2.45, 2.75) is 6.92 Å². The van der Waals surface area contributed by atoms with E-state index in [9.17, 15) is 0 Å². The van der Waals surface area contributed by atoms with Crippen molar-refractivity contribution < 1.29 is 0 Å². The van der Waals surface area contributed by atoms with Gasteiger partial charge in [-0.25, -0.2) is 4.98 Å². The molecule has 2 rings (SSSR count). The molecule has 94 valence electrons. The number of nitrogens with one attached hydrogen (secondary N) is 2. The summed E-state index contributed by atoms with van der Waals surface area (Å²) in [5, 5.41) is 6.47. The van der Waals surface area contributed by atoms with E-state index in [1.54, 1.807) is 0 Å². The topological polar surface area (TPSA) is 37.0 Å². The van der Waals surface area contributed by atoms with Gasteiger partial charge in [0.1, 0.15) is 11.6 Å². The second-order valence-corrected chi connectivity index (χ2v) is 5.46. The molecule has 2 aromatic rings. The summed E-state index contributed by atoms with van der Waals surface area (Å²) in [6, 6.07) is 11.8. The molecule has 1 aromatic heterocycles. The van der Waals surface area contributed by atoms with Crippen LogP contribution >= 0.6 is 31.9 Å². The largest absolute Gasteiger partial charge is 0.370 e. The molecular formula is C13H13Br2N3. The Morgan fingerprint density at radius 3 is 2.67 bits per heavy atom. The standard InChI is InChI=1S/C13H13Br2N3/c1-2-16-12-4-3-5-13(18-12)17-11-8-9(14)6-7-10(11)15/h3-8H,2H2,1H3,(H2,16,17,18). The number of anilines is 3. The molecule has 5 heteroatoms. The summed E-state index contributed by atoms with van der Waals surface area (Å²) in [6.07, 6.45) is 0. The zero-order valence-electron chi connectivity index (χ0n) is 9.87. The predicted octanol–water partition coefficient (Wildman–Crippen LogP) is 4.78. The fourth-order valence-corrected chi connectivity index (χ4v) is 2.22. The maximum atomic E-state index is 4.47. The first-order valence-electron chi connectivity index (χ1n) is 5.62. The summed E-state index contributed by atoms with van der Waals surface area (Å²) in [7, 11) is 0. The Hall–Kier alpha value is -1.07. The highest BCUT2D eigenvalue weighted by Gasteiger charge is 2.02. The van der Waals surface area contributed by atoms with Crippen LogP contribution < -0.4 is 10.6 Å². The van der Waals surface area contributed by atoms with Gasteiger partial charge in [0.15, 0.2) is 0 Å². The van der Waals surface area contributed by atoms with Crippen molar-refractivity contribution in [2.24, 2.45) is 0 Å². The van der Waals surface area contributed by atoms with Crippen molar-refractivity contribution in [2.75, 3.05) is 17.2 Å². The van der Waals surface area contributed by atoms with Crippen molar-refractivity contribution in [1.82, 2.24) is 4.98 Å². The third-order valence-corrected chi connectivity index (χ3v) is 3.48. The Labute approximate surface area is 123 Å². The molecule has 0 saturated carbocycles. The lowest BCUT2D eigenvalue weighted by Crippen LogP contribution is -2.01. The number of halogens is 2. The average Bonchev–Trinajstić information content (AvgIpc) is 2.35. The number of pyridine rings is 1. The van der Waals surface area contributed by atoms with Crippen LogP contribution in [0.4, 0.5) is 17.3 Å². The molecule has 0 unspecified atom stereocenters. The molecule has 0 saturated heterocycles. The Balaban J connectivity index is 2.22. The molecule has 2 N–H and O–H groups in total. The van der Waals surface area contributed by atoms with Gasteiger partial charge >= 0.3 is 0 Å². The summed E-state index contributed by atoms with van der Waals surface area (Å²) in [5.41, 5.74) is 0.977. The van der Waals surface area contributed by atoms with Gasteiger partial charge in [-0.3, -0.25) is 0 Å². The molecule has 1 heterocycles. The highest BCUT2D eigenvalue weighted by Crippen LogP contribution is 2.28. The Bertz CT molecular complexity index is 544. The fourth-order valence-electron chi connectivity index (χ4n) is 1.52. The molecule has 1 aromatic carbocycles. The Kier molecular flexibility index (Phi) is 4.60. The number of aromatic nitrogens is 1. The average molecular weight is 371 g/mol. The van der Waals surface area contributed by atoms with Crippen LogP contribution in [0.3, 0.4) is 0 Å². The van der Waals surface area contributed by atoms with E-state index in [4.69, 9.17) is 0 Å². The SMILES string of the molecule is CCNc1cccc(Nc2cc(Br)ccc2Br)n1. The third-order valence-electron chi connectivity index (χ3n) is 2.30. The van der Waals surface area contributed by atoms with Crippen molar-refractivity contribution >= 4 is 49.2 Å². The van der Waals surface area contributed by atoms with Crippen LogP contribution in [0.5, 0.6) is 0 Å². The zero-order chi connectivity index (χ0) is 13.0. The molecule has 0 amide bonds. The molecular weight excluding hydrogens is 358 g/mol. The van der Waals surface area contributed by atoms with Gasteiger partial charge in [-0.05, 0) is 53.2 Å².